The summed E-state index contributed by atoms with van der Waals surface area (Å²) < 4.78 is 0. The number of amides is 1. The zero-order valence-electron chi connectivity index (χ0n) is 12.4. The number of carbonyl (C=O) groups excluding carboxylic acids is 1. The number of carbonyl (C=O) groups is 1. The Kier molecular flexibility index (Phi) is 6.55. The molecule has 0 aliphatic rings. The molecule has 0 saturated heterocycles. The molecule has 1 rings (SSSR count). The highest BCUT2D eigenvalue weighted by molar-refractivity contribution is 5.84. The van der Waals surface area contributed by atoms with Crippen molar-refractivity contribution >= 4 is 23.5 Å². The van der Waals surface area contributed by atoms with Crippen LogP contribution in [-0.2, 0) is 4.79 Å². The summed E-state index contributed by atoms with van der Waals surface area (Å²) in [5.74, 6) is 1.31. The number of nitrogen functional groups attached to an aromatic ring is 1. The Hall–Kier alpha value is -2.05. The molecule has 0 radical (unpaired) electrons. The lowest BCUT2D eigenvalue weighted by molar-refractivity contribution is -0.121. The molecule has 0 aliphatic carbocycles. The van der Waals surface area contributed by atoms with Crippen molar-refractivity contribution in [3.05, 3.63) is 6.07 Å². The van der Waals surface area contributed by atoms with Crippen LogP contribution in [0.4, 0.5) is 17.6 Å². The third kappa shape index (κ3) is 5.29. The van der Waals surface area contributed by atoms with Gasteiger partial charge in [-0.2, -0.15) is 9.97 Å². The number of aromatic nitrogens is 2. The van der Waals surface area contributed by atoms with Gasteiger partial charge in [0.15, 0.2) is 0 Å². The fourth-order valence-electron chi connectivity index (χ4n) is 1.57. The molecule has 0 spiro atoms. The summed E-state index contributed by atoms with van der Waals surface area (Å²) in [6.07, 6.45) is 1.90. The first-order valence-corrected chi connectivity index (χ1v) is 6.99. The molecule has 0 fully saturated rings. The zero-order chi connectivity index (χ0) is 15.0. The average molecular weight is 280 g/mol. The minimum absolute atomic E-state index is 0.0629. The molecule has 1 amide bonds. The van der Waals surface area contributed by atoms with Crippen LogP contribution in [0.1, 0.15) is 33.6 Å². The molecule has 5 N–H and O–H groups in total. The summed E-state index contributed by atoms with van der Waals surface area (Å²) >= 11 is 0. The molecular weight excluding hydrogens is 256 g/mol. The Bertz CT molecular complexity index is 437. The summed E-state index contributed by atoms with van der Waals surface area (Å²) in [6.45, 7) is 7.33. The average Bonchev–Trinajstić information content (AvgIpc) is 2.41. The highest BCUT2D eigenvalue weighted by atomic mass is 16.2. The van der Waals surface area contributed by atoms with Crippen molar-refractivity contribution in [1.82, 2.24) is 15.3 Å². The second-order valence-corrected chi connectivity index (χ2v) is 4.58. The second-order valence-electron chi connectivity index (χ2n) is 4.58. The summed E-state index contributed by atoms with van der Waals surface area (Å²) in [7, 11) is 0. The van der Waals surface area contributed by atoms with Gasteiger partial charge in [-0.25, -0.2) is 0 Å². The third-order valence-electron chi connectivity index (χ3n) is 2.61. The highest BCUT2D eigenvalue weighted by Crippen LogP contribution is 2.13. The molecule has 0 bridgehead atoms. The molecule has 1 aromatic rings. The lowest BCUT2D eigenvalue weighted by Crippen LogP contribution is -2.38. The van der Waals surface area contributed by atoms with Crippen molar-refractivity contribution in [2.75, 3.05) is 29.5 Å². The Morgan fingerprint density at radius 1 is 1.25 bits per heavy atom. The van der Waals surface area contributed by atoms with E-state index in [1.165, 1.54) is 0 Å². The molecule has 1 atom stereocenters. The smallest absolute Gasteiger partial charge is 0.242 e. The van der Waals surface area contributed by atoms with Gasteiger partial charge in [-0.1, -0.05) is 13.8 Å². The first-order valence-electron chi connectivity index (χ1n) is 6.99. The second kappa shape index (κ2) is 8.19. The van der Waals surface area contributed by atoms with E-state index in [9.17, 15) is 4.79 Å². The molecule has 1 aromatic heterocycles. The van der Waals surface area contributed by atoms with Crippen LogP contribution < -0.4 is 21.7 Å². The molecule has 1 unspecified atom stereocenters. The normalized spacial score (nSPS) is 11.8. The number of rotatable bonds is 8. The van der Waals surface area contributed by atoms with Gasteiger partial charge in [-0.3, -0.25) is 4.79 Å². The number of nitrogens with zero attached hydrogens (tertiary/aromatic N) is 2. The van der Waals surface area contributed by atoms with Crippen molar-refractivity contribution in [1.29, 1.82) is 0 Å². The fraction of sp³-hybridized carbons (Fsp3) is 0.615. The molecule has 0 aromatic carbocycles. The SMILES string of the molecule is CCCNC(=O)C(C)Nc1cc(NCCC)nc(N)n1. The molecule has 7 nitrogen and oxygen atoms in total. The van der Waals surface area contributed by atoms with Crippen LogP contribution in [0.3, 0.4) is 0 Å². The van der Waals surface area contributed by atoms with Gasteiger partial charge in [-0.15, -0.1) is 0 Å². The van der Waals surface area contributed by atoms with E-state index < -0.39 is 0 Å². The molecule has 0 saturated carbocycles. The first kappa shape index (κ1) is 16.0. The number of nitrogens with one attached hydrogen (secondary N) is 3. The van der Waals surface area contributed by atoms with E-state index in [0.29, 0.717) is 18.2 Å². The molecular formula is C13H24N6O. The summed E-state index contributed by atoms with van der Waals surface area (Å²) in [6, 6.07) is 1.37. The largest absolute Gasteiger partial charge is 0.370 e. The van der Waals surface area contributed by atoms with Gasteiger partial charge in [0.2, 0.25) is 11.9 Å². The minimum atomic E-state index is -0.380. The van der Waals surface area contributed by atoms with Crippen LogP contribution in [-0.4, -0.2) is 35.0 Å². The van der Waals surface area contributed by atoms with E-state index >= 15 is 0 Å². The van der Waals surface area contributed by atoms with Gasteiger partial charge in [-0.05, 0) is 19.8 Å². The van der Waals surface area contributed by atoms with Crippen molar-refractivity contribution in [3.63, 3.8) is 0 Å². The first-order chi connectivity index (χ1) is 9.56. The number of hydrogen-bond donors (Lipinski definition) is 4. The third-order valence-corrected chi connectivity index (χ3v) is 2.61. The number of hydrogen-bond acceptors (Lipinski definition) is 6. The zero-order valence-corrected chi connectivity index (χ0v) is 12.4. The summed E-state index contributed by atoms with van der Waals surface area (Å²) in [4.78, 5) is 20.0. The Morgan fingerprint density at radius 2 is 1.90 bits per heavy atom. The van der Waals surface area contributed by atoms with E-state index in [2.05, 4.69) is 32.8 Å². The van der Waals surface area contributed by atoms with Gasteiger partial charge in [0.1, 0.15) is 17.7 Å². The van der Waals surface area contributed by atoms with E-state index in [1.807, 2.05) is 6.92 Å². The fourth-order valence-corrected chi connectivity index (χ4v) is 1.57. The van der Waals surface area contributed by atoms with Crippen LogP contribution >= 0.6 is 0 Å². The lowest BCUT2D eigenvalue weighted by Gasteiger charge is -2.15. The molecule has 20 heavy (non-hydrogen) atoms. The summed E-state index contributed by atoms with van der Waals surface area (Å²) in [5.41, 5.74) is 5.66. The predicted octanol–water partition coefficient (Wildman–Crippen LogP) is 1.21. The standard InChI is InChI=1S/C13H24N6O/c1-4-6-15-10-8-11(19-13(14)18-10)17-9(3)12(20)16-7-5-2/h8-9H,4-7H2,1-3H3,(H,16,20)(H4,14,15,17,18,19). The maximum atomic E-state index is 11.8. The van der Waals surface area contributed by atoms with Gasteiger partial charge >= 0.3 is 0 Å². The molecule has 0 aliphatic heterocycles. The van der Waals surface area contributed by atoms with Gasteiger partial charge in [0.25, 0.3) is 0 Å². The predicted molar refractivity (Wildman–Crippen MR) is 81.6 cm³/mol. The molecule has 112 valence electrons. The molecule has 7 heteroatoms. The summed E-state index contributed by atoms with van der Waals surface area (Å²) in [5, 5.41) is 8.99. The van der Waals surface area contributed by atoms with Crippen LogP contribution in [0, 0.1) is 0 Å². The maximum Gasteiger partial charge on any atom is 0.242 e. The van der Waals surface area contributed by atoms with Crippen molar-refractivity contribution in [2.45, 2.75) is 39.7 Å². The minimum Gasteiger partial charge on any atom is -0.370 e. The quantitative estimate of drug-likeness (QED) is 0.570. The van der Waals surface area contributed by atoms with E-state index in [1.54, 1.807) is 13.0 Å². The van der Waals surface area contributed by atoms with Gasteiger partial charge < -0.3 is 21.7 Å². The van der Waals surface area contributed by atoms with Crippen LogP contribution in [0.15, 0.2) is 6.07 Å². The van der Waals surface area contributed by atoms with Gasteiger partial charge in [0.05, 0.1) is 0 Å². The highest BCUT2D eigenvalue weighted by Gasteiger charge is 2.13. The number of nitrogens with two attached hydrogens (primary N) is 1. The Labute approximate surface area is 119 Å². The molecule has 1 heterocycles. The monoisotopic (exact) mass is 280 g/mol. The Balaban J connectivity index is 2.66. The van der Waals surface area contributed by atoms with Crippen LogP contribution in [0.25, 0.3) is 0 Å². The van der Waals surface area contributed by atoms with Crippen molar-refractivity contribution in [3.8, 4) is 0 Å². The maximum absolute atomic E-state index is 11.8. The van der Waals surface area contributed by atoms with E-state index in [4.69, 9.17) is 5.73 Å². The van der Waals surface area contributed by atoms with Crippen molar-refractivity contribution in [2.24, 2.45) is 0 Å². The lowest BCUT2D eigenvalue weighted by atomic mass is 10.3. The topological polar surface area (TPSA) is 105 Å². The van der Waals surface area contributed by atoms with Crippen molar-refractivity contribution < 1.29 is 4.79 Å². The van der Waals surface area contributed by atoms with Crippen LogP contribution in [0.5, 0.6) is 0 Å². The Morgan fingerprint density at radius 3 is 2.55 bits per heavy atom. The van der Waals surface area contributed by atoms with Crippen LogP contribution in [0.2, 0.25) is 0 Å². The van der Waals surface area contributed by atoms with E-state index in [0.717, 1.165) is 19.4 Å². The van der Waals surface area contributed by atoms with Gasteiger partial charge in [0, 0.05) is 19.2 Å². The number of anilines is 3. The van der Waals surface area contributed by atoms with E-state index in [-0.39, 0.29) is 17.9 Å².